The number of halogens is 1. The molecule has 2 aromatic heterocycles. The van der Waals surface area contributed by atoms with Crippen LogP contribution in [0.2, 0.25) is 0 Å². The van der Waals surface area contributed by atoms with Gasteiger partial charge in [0.1, 0.15) is 22.6 Å². The number of aromatic nitrogens is 5. The highest BCUT2D eigenvalue weighted by Crippen LogP contribution is 2.29. The lowest BCUT2D eigenvalue weighted by atomic mass is 10.1. The van der Waals surface area contributed by atoms with E-state index in [1.165, 1.54) is 22.1 Å². The second-order valence-corrected chi connectivity index (χ2v) is 5.86. The van der Waals surface area contributed by atoms with Crippen LogP contribution in [-0.4, -0.2) is 25.2 Å². The van der Waals surface area contributed by atoms with Crippen molar-refractivity contribution in [3.05, 3.63) is 40.8 Å². The predicted octanol–water partition coefficient (Wildman–Crippen LogP) is 2.92. The minimum absolute atomic E-state index is 0.0476. The largest absolute Gasteiger partial charge is 0.234 e. The first-order chi connectivity index (χ1) is 10.6. The van der Waals surface area contributed by atoms with Gasteiger partial charge < -0.3 is 0 Å². The van der Waals surface area contributed by atoms with E-state index in [4.69, 9.17) is 0 Å². The zero-order valence-corrected chi connectivity index (χ0v) is 12.7. The van der Waals surface area contributed by atoms with Crippen LogP contribution in [0.1, 0.15) is 30.5 Å². The Morgan fingerprint density at radius 3 is 2.64 bits per heavy atom. The summed E-state index contributed by atoms with van der Waals surface area (Å²) < 4.78 is 15.4. The van der Waals surface area contributed by atoms with Crippen LogP contribution in [0.5, 0.6) is 0 Å². The van der Waals surface area contributed by atoms with Gasteiger partial charge in [-0.1, -0.05) is 42.5 Å². The number of benzene rings is 1. The molecule has 2 heterocycles. The highest BCUT2D eigenvalue weighted by Gasteiger charge is 2.21. The fourth-order valence-corrected chi connectivity index (χ4v) is 2.73. The molecular formula is C14H11FN6S. The molecule has 1 aromatic carbocycles. The van der Waals surface area contributed by atoms with E-state index < -0.39 is 5.82 Å². The van der Waals surface area contributed by atoms with E-state index in [0.29, 0.717) is 5.13 Å². The monoisotopic (exact) mass is 314 g/mol. The van der Waals surface area contributed by atoms with Gasteiger partial charge >= 0.3 is 0 Å². The summed E-state index contributed by atoms with van der Waals surface area (Å²) in [4.78, 5) is 0. The van der Waals surface area contributed by atoms with Gasteiger partial charge in [0.2, 0.25) is 5.13 Å². The van der Waals surface area contributed by atoms with Crippen LogP contribution in [0, 0.1) is 17.1 Å². The van der Waals surface area contributed by atoms with E-state index in [2.05, 4.69) is 20.5 Å². The molecule has 0 aliphatic rings. The van der Waals surface area contributed by atoms with Crippen molar-refractivity contribution in [3.63, 3.8) is 0 Å². The summed E-state index contributed by atoms with van der Waals surface area (Å²) in [6.07, 6.45) is 0. The van der Waals surface area contributed by atoms with Crippen molar-refractivity contribution < 1.29 is 4.39 Å². The Morgan fingerprint density at radius 1 is 1.23 bits per heavy atom. The second kappa shape index (κ2) is 5.61. The Hall–Kier alpha value is -2.66. The number of rotatable bonds is 3. The van der Waals surface area contributed by atoms with Crippen LogP contribution in [0.25, 0.3) is 16.4 Å². The van der Waals surface area contributed by atoms with Crippen LogP contribution >= 0.6 is 11.3 Å². The molecular weight excluding hydrogens is 303 g/mol. The number of hydrogen-bond donors (Lipinski definition) is 0. The fraction of sp³-hybridized carbons (Fsp3) is 0.214. The Bertz CT molecular complexity index is 860. The highest BCUT2D eigenvalue weighted by molar-refractivity contribution is 7.13. The summed E-state index contributed by atoms with van der Waals surface area (Å²) in [5.74, 6) is -0.224. The van der Waals surface area contributed by atoms with Crippen molar-refractivity contribution in [3.8, 4) is 22.5 Å². The molecule has 0 N–H and O–H groups in total. The molecule has 22 heavy (non-hydrogen) atoms. The van der Waals surface area contributed by atoms with Crippen molar-refractivity contribution in [1.82, 2.24) is 25.2 Å². The molecule has 0 fully saturated rings. The molecule has 0 saturated carbocycles. The average Bonchev–Trinajstić information content (AvgIpc) is 3.14. The van der Waals surface area contributed by atoms with Gasteiger partial charge in [-0.15, -0.1) is 15.3 Å². The maximum Gasteiger partial charge on any atom is 0.234 e. The highest BCUT2D eigenvalue weighted by atomic mass is 32.1. The molecule has 8 heteroatoms. The van der Waals surface area contributed by atoms with Crippen molar-refractivity contribution in [2.24, 2.45) is 0 Å². The van der Waals surface area contributed by atoms with Crippen molar-refractivity contribution in [2.75, 3.05) is 0 Å². The third-order valence-corrected chi connectivity index (χ3v) is 4.21. The smallest absolute Gasteiger partial charge is 0.206 e. The zero-order chi connectivity index (χ0) is 15.7. The summed E-state index contributed by atoms with van der Waals surface area (Å²) in [5.41, 5.74) is 0.587. The minimum Gasteiger partial charge on any atom is -0.206 e. The van der Waals surface area contributed by atoms with Crippen LogP contribution in [-0.2, 0) is 0 Å². The Kier molecular flexibility index (Phi) is 3.65. The maximum absolute atomic E-state index is 14.1. The van der Waals surface area contributed by atoms with Crippen molar-refractivity contribution in [1.29, 1.82) is 5.26 Å². The van der Waals surface area contributed by atoms with Gasteiger partial charge in [-0.25, -0.2) is 4.39 Å². The SMILES string of the molecule is CC(C)c1nnc(-n2nnc(C#N)c2-c2ccccc2F)s1. The van der Waals surface area contributed by atoms with E-state index >= 15 is 0 Å². The molecule has 6 nitrogen and oxygen atoms in total. The third kappa shape index (κ3) is 2.35. The molecule has 0 atom stereocenters. The lowest BCUT2D eigenvalue weighted by molar-refractivity contribution is 0.629. The van der Waals surface area contributed by atoms with Crippen LogP contribution in [0.4, 0.5) is 4.39 Å². The van der Waals surface area contributed by atoms with E-state index in [9.17, 15) is 9.65 Å². The van der Waals surface area contributed by atoms with E-state index in [-0.39, 0.29) is 22.9 Å². The normalized spacial score (nSPS) is 10.9. The Morgan fingerprint density at radius 2 is 2.00 bits per heavy atom. The molecule has 0 bridgehead atoms. The van der Waals surface area contributed by atoms with Crippen molar-refractivity contribution in [2.45, 2.75) is 19.8 Å². The summed E-state index contributed by atoms with van der Waals surface area (Å²) >= 11 is 1.34. The van der Waals surface area contributed by atoms with Gasteiger partial charge in [-0.3, -0.25) is 0 Å². The molecule has 110 valence electrons. The predicted molar refractivity (Wildman–Crippen MR) is 79.0 cm³/mol. The first kappa shape index (κ1) is 14.3. The van der Waals surface area contributed by atoms with Crippen LogP contribution in [0.15, 0.2) is 24.3 Å². The van der Waals surface area contributed by atoms with Crippen LogP contribution < -0.4 is 0 Å². The molecule has 0 radical (unpaired) electrons. The average molecular weight is 314 g/mol. The van der Waals surface area contributed by atoms with Gasteiger partial charge in [0.15, 0.2) is 5.69 Å². The topological polar surface area (TPSA) is 80.3 Å². The third-order valence-electron chi connectivity index (χ3n) is 3.01. The molecule has 3 rings (SSSR count). The van der Waals surface area contributed by atoms with Gasteiger partial charge in [0.05, 0.1) is 0 Å². The molecule has 0 aliphatic heterocycles. The zero-order valence-electron chi connectivity index (χ0n) is 11.9. The van der Waals surface area contributed by atoms with Gasteiger partial charge in [-0.2, -0.15) is 9.94 Å². The van der Waals surface area contributed by atoms with E-state index in [1.54, 1.807) is 18.2 Å². The molecule has 0 aliphatic carbocycles. The molecule has 0 unspecified atom stereocenters. The van der Waals surface area contributed by atoms with Gasteiger partial charge in [0, 0.05) is 11.5 Å². The summed E-state index contributed by atoms with van der Waals surface area (Å²) in [6, 6.07) is 8.12. The molecule has 3 aromatic rings. The lowest BCUT2D eigenvalue weighted by Gasteiger charge is -2.04. The van der Waals surface area contributed by atoms with E-state index in [0.717, 1.165) is 5.01 Å². The van der Waals surface area contributed by atoms with Gasteiger partial charge in [0.25, 0.3) is 0 Å². The maximum atomic E-state index is 14.1. The molecule has 0 saturated heterocycles. The number of nitriles is 1. The van der Waals surface area contributed by atoms with E-state index in [1.807, 2.05) is 19.9 Å². The lowest BCUT2D eigenvalue weighted by Crippen LogP contribution is -2.00. The quantitative estimate of drug-likeness (QED) is 0.742. The molecule has 0 amide bonds. The number of hydrogen-bond acceptors (Lipinski definition) is 6. The standard InChI is InChI=1S/C14H11FN6S/c1-8(2)13-18-19-14(22-13)21-12(11(7-16)17-20-21)9-5-3-4-6-10(9)15/h3-6,8H,1-2H3. The summed E-state index contributed by atoms with van der Waals surface area (Å²) in [6.45, 7) is 4.01. The van der Waals surface area contributed by atoms with Gasteiger partial charge in [-0.05, 0) is 12.1 Å². The number of nitrogens with zero attached hydrogens (tertiary/aromatic N) is 6. The summed E-state index contributed by atoms with van der Waals surface area (Å²) in [5, 5.41) is 26.4. The Labute approximate surface area is 129 Å². The van der Waals surface area contributed by atoms with Crippen molar-refractivity contribution >= 4 is 11.3 Å². The first-order valence-electron chi connectivity index (χ1n) is 6.56. The van der Waals surface area contributed by atoms with Crippen LogP contribution in [0.3, 0.4) is 0 Å². The second-order valence-electron chi connectivity index (χ2n) is 4.87. The minimum atomic E-state index is -0.448. The molecule has 0 spiro atoms. The fourth-order valence-electron chi connectivity index (χ4n) is 1.93. The first-order valence-corrected chi connectivity index (χ1v) is 7.38. The Balaban J connectivity index is 2.20. The summed E-state index contributed by atoms with van der Waals surface area (Å²) in [7, 11) is 0.